The quantitative estimate of drug-likeness (QED) is 0.881. The smallest absolute Gasteiger partial charge is 0.255 e. The minimum Gasteiger partial charge on any atom is -0.326 e. The van der Waals surface area contributed by atoms with Crippen molar-refractivity contribution < 1.29 is 9.59 Å². The second-order valence-corrected chi connectivity index (χ2v) is 6.12. The van der Waals surface area contributed by atoms with E-state index >= 15 is 0 Å². The van der Waals surface area contributed by atoms with Gasteiger partial charge in [-0.25, -0.2) is 0 Å². The van der Waals surface area contributed by atoms with Crippen molar-refractivity contribution in [3.63, 3.8) is 0 Å². The van der Waals surface area contributed by atoms with Crippen molar-refractivity contribution in [2.45, 2.75) is 19.8 Å². The van der Waals surface area contributed by atoms with Crippen molar-refractivity contribution >= 4 is 34.8 Å². The summed E-state index contributed by atoms with van der Waals surface area (Å²) in [4.78, 5) is 24.2. The number of rotatable bonds is 4. The molecule has 1 aliphatic carbocycles. The summed E-state index contributed by atoms with van der Waals surface area (Å²) in [5, 5.41) is 6.30. The molecule has 1 aliphatic rings. The van der Waals surface area contributed by atoms with Gasteiger partial charge in [-0.2, -0.15) is 0 Å². The predicted octanol–water partition coefficient (Wildman–Crippen LogP) is 4.25. The van der Waals surface area contributed by atoms with Crippen molar-refractivity contribution in [1.29, 1.82) is 0 Å². The number of nitrogens with one attached hydrogen (secondary N) is 2. The summed E-state index contributed by atoms with van der Waals surface area (Å²) in [5.74, 6) is -0.0901. The Morgan fingerprint density at radius 2 is 1.83 bits per heavy atom. The van der Waals surface area contributed by atoms with Gasteiger partial charge < -0.3 is 10.6 Å². The molecule has 0 aliphatic heterocycles. The molecule has 1 fully saturated rings. The van der Waals surface area contributed by atoms with E-state index in [0.717, 1.165) is 18.4 Å². The summed E-state index contributed by atoms with van der Waals surface area (Å²) in [6, 6.07) is 12.3. The van der Waals surface area contributed by atoms with E-state index < -0.39 is 0 Å². The van der Waals surface area contributed by atoms with Crippen molar-refractivity contribution in [3.05, 3.63) is 58.6 Å². The van der Waals surface area contributed by atoms with Crippen LogP contribution in [0.1, 0.15) is 28.8 Å². The van der Waals surface area contributed by atoms with Crippen LogP contribution in [-0.4, -0.2) is 11.8 Å². The highest BCUT2D eigenvalue weighted by Gasteiger charge is 2.29. The fraction of sp³-hybridized carbons (Fsp3) is 0.222. The first-order valence-electron chi connectivity index (χ1n) is 7.52. The SMILES string of the molecule is Cc1c(Cl)cccc1NC(=O)c1cccc(NC(=O)C2CC2)c1. The van der Waals surface area contributed by atoms with E-state index in [1.54, 1.807) is 42.5 Å². The van der Waals surface area contributed by atoms with E-state index in [4.69, 9.17) is 11.6 Å². The van der Waals surface area contributed by atoms with E-state index in [-0.39, 0.29) is 17.7 Å². The number of carbonyl (C=O) groups is 2. The van der Waals surface area contributed by atoms with Gasteiger partial charge in [0.05, 0.1) is 0 Å². The molecule has 2 aromatic carbocycles. The fourth-order valence-corrected chi connectivity index (χ4v) is 2.44. The highest BCUT2D eigenvalue weighted by molar-refractivity contribution is 6.31. The largest absolute Gasteiger partial charge is 0.326 e. The average molecular weight is 329 g/mol. The molecule has 3 rings (SSSR count). The molecule has 2 aromatic rings. The average Bonchev–Trinajstić information content (AvgIpc) is 3.37. The Kier molecular flexibility index (Phi) is 4.35. The van der Waals surface area contributed by atoms with Gasteiger partial charge in [0.15, 0.2) is 0 Å². The molecule has 2 N–H and O–H groups in total. The molecule has 23 heavy (non-hydrogen) atoms. The van der Waals surface area contributed by atoms with Gasteiger partial charge >= 0.3 is 0 Å². The number of anilines is 2. The number of hydrogen-bond acceptors (Lipinski definition) is 2. The maximum atomic E-state index is 12.4. The van der Waals surface area contributed by atoms with Crippen LogP contribution in [0.5, 0.6) is 0 Å². The van der Waals surface area contributed by atoms with E-state index in [2.05, 4.69) is 10.6 Å². The normalized spacial score (nSPS) is 13.5. The summed E-state index contributed by atoms with van der Waals surface area (Å²) in [7, 11) is 0. The van der Waals surface area contributed by atoms with Crippen molar-refractivity contribution in [1.82, 2.24) is 0 Å². The standard InChI is InChI=1S/C18H17ClN2O2/c1-11-15(19)6-3-7-16(11)21-18(23)13-4-2-5-14(10-13)20-17(22)12-8-9-12/h2-7,10,12H,8-9H2,1H3,(H,20,22)(H,21,23). The van der Waals surface area contributed by atoms with Gasteiger partial charge in [-0.3, -0.25) is 9.59 Å². The third-order valence-electron chi connectivity index (χ3n) is 3.86. The zero-order valence-electron chi connectivity index (χ0n) is 12.7. The van der Waals surface area contributed by atoms with E-state index in [1.807, 2.05) is 6.92 Å². The monoisotopic (exact) mass is 328 g/mol. The van der Waals surface area contributed by atoms with Gasteiger partial charge in [-0.1, -0.05) is 23.7 Å². The van der Waals surface area contributed by atoms with Crippen molar-refractivity contribution in [2.75, 3.05) is 10.6 Å². The summed E-state index contributed by atoms with van der Waals surface area (Å²) < 4.78 is 0. The Morgan fingerprint density at radius 1 is 1.09 bits per heavy atom. The molecule has 0 aromatic heterocycles. The van der Waals surface area contributed by atoms with Crippen LogP contribution in [0.4, 0.5) is 11.4 Å². The Morgan fingerprint density at radius 3 is 2.57 bits per heavy atom. The Bertz CT molecular complexity index is 769. The molecule has 4 nitrogen and oxygen atoms in total. The second kappa shape index (κ2) is 6.42. The first-order valence-corrected chi connectivity index (χ1v) is 7.90. The third-order valence-corrected chi connectivity index (χ3v) is 4.27. The van der Waals surface area contributed by atoms with Gasteiger partial charge in [0.2, 0.25) is 5.91 Å². The lowest BCUT2D eigenvalue weighted by molar-refractivity contribution is -0.117. The topological polar surface area (TPSA) is 58.2 Å². The lowest BCUT2D eigenvalue weighted by Crippen LogP contribution is -2.15. The number of halogens is 1. The van der Waals surface area contributed by atoms with Crippen LogP contribution in [0.25, 0.3) is 0 Å². The van der Waals surface area contributed by atoms with Crippen LogP contribution < -0.4 is 10.6 Å². The molecule has 0 saturated heterocycles. The molecular weight excluding hydrogens is 312 g/mol. The summed E-state index contributed by atoms with van der Waals surface area (Å²) in [6.07, 6.45) is 1.89. The van der Waals surface area contributed by atoms with Gasteiger partial charge in [0.1, 0.15) is 0 Å². The van der Waals surface area contributed by atoms with Gasteiger partial charge in [-0.05, 0) is 55.7 Å². The summed E-state index contributed by atoms with van der Waals surface area (Å²) in [6.45, 7) is 1.85. The molecule has 118 valence electrons. The third kappa shape index (κ3) is 3.71. The molecule has 0 atom stereocenters. The Labute approximate surface area is 139 Å². The zero-order chi connectivity index (χ0) is 16.4. The van der Waals surface area contributed by atoms with E-state index in [1.165, 1.54) is 0 Å². The molecular formula is C18H17ClN2O2. The molecule has 0 radical (unpaired) electrons. The zero-order valence-corrected chi connectivity index (χ0v) is 13.5. The van der Waals surface area contributed by atoms with Crippen LogP contribution >= 0.6 is 11.6 Å². The Hall–Kier alpha value is -2.33. The van der Waals surface area contributed by atoms with E-state index in [0.29, 0.717) is 22.0 Å². The first-order chi connectivity index (χ1) is 11.0. The van der Waals surface area contributed by atoms with Crippen LogP contribution in [-0.2, 0) is 4.79 Å². The lowest BCUT2D eigenvalue weighted by Gasteiger charge is -2.10. The summed E-state index contributed by atoms with van der Waals surface area (Å²) >= 11 is 6.06. The van der Waals surface area contributed by atoms with Gasteiger partial charge in [0.25, 0.3) is 5.91 Å². The number of hydrogen-bond donors (Lipinski definition) is 2. The van der Waals surface area contributed by atoms with Crippen LogP contribution in [0.15, 0.2) is 42.5 Å². The maximum Gasteiger partial charge on any atom is 0.255 e. The molecule has 0 spiro atoms. The van der Waals surface area contributed by atoms with Gasteiger partial charge in [-0.15, -0.1) is 0 Å². The number of carbonyl (C=O) groups excluding carboxylic acids is 2. The molecule has 2 amide bonds. The van der Waals surface area contributed by atoms with Gasteiger partial charge in [0, 0.05) is 27.9 Å². The minimum absolute atomic E-state index is 0.0215. The van der Waals surface area contributed by atoms with Crippen LogP contribution in [0.2, 0.25) is 5.02 Å². The van der Waals surface area contributed by atoms with Crippen molar-refractivity contribution in [2.24, 2.45) is 5.92 Å². The maximum absolute atomic E-state index is 12.4. The lowest BCUT2D eigenvalue weighted by atomic mass is 10.1. The first kappa shape index (κ1) is 15.6. The predicted molar refractivity (Wildman–Crippen MR) is 91.9 cm³/mol. The Balaban J connectivity index is 1.74. The molecule has 5 heteroatoms. The minimum atomic E-state index is -0.238. The second-order valence-electron chi connectivity index (χ2n) is 5.71. The van der Waals surface area contributed by atoms with E-state index in [9.17, 15) is 9.59 Å². The van der Waals surface area contributed by atoms with Crippen LogP contribution in [0.3, 0.4) is 0 Å². The molecule has 0 heterocycles. The molecule has 0 bridgehead atoms. The summed E-state index contributed by atoms with van der Waals surface area (Å²) in [5.41, 5.74) is 2.62. The number of benzene rings is 2. The molecule has 1 saturated carbocycles. The molecule has 0 unspecified atom stereocenters. The fourth-order valence-electron chi connectivity index (χ4n) is 2.27. The number of amides is 2. The van der Waals surface area contributed by atoms with Crippen LogP contribution in [0, 0.1) is 12.8 Å². The van der Waals surface area contributed by atoms with Crippen molar-refractivity contribution in [3.8, 4) is 0 Å². The highest BCUT2D eigenvalue weighted by Crippen LogP contribution is 2.30. The highest BCUT2D eigenvalue weighted by atomic mass is 35.5.